The molecule has 0 saturated carbocycles. The first-order chi connectivity index (χ1) is 17.0. The molecular weight excluding hydrogens is 454 g/mol. The van der Waals surface area contributed by atoms with E-state index in [4.69, 9.17) is 9.84 Å². The highest BCUT2D eigenvalue weighted by Gasteiger charge is 2.23. The van der Waals surface area contributed by atoms with E-state index < -0.39 is 0 Å². The number of benzene rings is 2. The van der Waals surface area contributed by atoms with Gasteiger partial charge in [-0.2, -0.15) is 5.10 Å². The number of hydrogen-bond acceptors (Lipinski definition) is 4. The number of para-hydroxylation sites is 1. The number of carbonyl (C=O) groups excluding carboxylic acids is 2. The Hall–Kier alpha value is -3.65. The molecule has 0 bridgehead atoms. The summed E-state index contributed by atoms with van der Waals surface area (Å²) in [6.45, 7) is 12.6. The summed E-state index contributed by atoms with van der Waals surface area (Å²) in [7, 11) is 1.56. The highest BCUT2D eigenvalue weighted by Crippen LogP contribution is 2.27. The highest BCUT2D eigenvalue weighted by molar-refractivity contribution is 5.97. The molecule has 8 heteroatoms. The maximum Gasteiger partial charge on any atom is 0.322 e. The minimum absolute atomic E-state index is 0.135. The lowest BCUT2D eigenvalue weighted by Gasteiger charge is -2.23. The summed E-state index contributed by atoms with van der Waals surface area (Å²) in [6.07, 6.45) is 0. The molecule has 3 rings (SSSR count). The van der Waals surface area contributed by atoms with Gasteiger partial charge in [0.25, 0.3) is 0 Å². The molecule has 0 saturated heterocycles. The summed E-state index contributed by atoms with van der Waals surface area (Å²) in [5.41, 5.74) is 5.34. The van der Waals surface area contributed by atoms with Crippen molar-refractivity contribution in [3.63, 3.8) is 0 Å². The van der Waals surface area contributed by atoms with Crippen LogP contribution < -0.4 is 10.6 Å². The summed E-state index contributed by atoms with van der Waals surface area (Å²) in [5, 5.41) is 10.7. The van der Waals surface area contributed by atoms with Gasteiger partial charge in [-0.25, -0.2) is 9.48 Å². The van der Waals surface area contributed by atoms with Gasteiger partial charge in [0.1, 0.15) is 12.4 Å². The number of urea groups is 1. The fourth-order valence-corrected chi connectivity index (χ4v) is 3.78. The predicted molar refractivity (Wildman–Crippen MR) is 144 cm³/mol. The lowest BCUT2D eigenvalue weighted by molar-refractivity contribution is -0.116. The number of carbonyl (C=O) groups is 2. The number of rotatable bonds is 8. The van der Waals surface area contributed by atoms with Crippen molar-refractivity contribution in [2.75, 3.05) is 37.4 Å². The zero-order valence-corrected chi connectivity index (χ0v) is 22.3. The van der Waals surface area contributed by atoms with Gasteiger partial charge >= 0.3 is 6.03 Å². The van der Waals surface area contributed by atoms with Crippen molar-refractivity contribution in [1.29, 1.82) is 0 Å². The van der Waals surface area contributed by atoms with Crippen LogP contribution in [-0.4, -0.2) is 53.4 Å². The second-order valence-corrected chi connectivity index (χ2v) is 10.1. The van der Waals surface area contributed by atoms with Crippen LogP contribution in [0.4, 0.5) is 16.3 Å². The van der Waals surface area contributed by atoms with E-state index in [1.807, 2.05) is 69.3 Å². The quantitative estimate of drug-likeness (QED) is 0.453. The molecule has 0 spiro atoms. The van der Waals surface area contributed by atoms with Crippen LogP contribution in [0.2, 0.25) is 0 Å². The fraction of sp³-hybridized carbons (Fsp3) is 0.393. The van der Waals surface area contributed by atoms with Crippen molar-refractivity contribution >= 4 is 23.4 Å². The van der Waals surface area contributed by atoms with Crippen molar-refractivity contribution in [3.8, 4) is 5.69 Å². The molecule has 0 aliphatic heterocycles. The molecule has 3 aromatic rings. The third-order valence-electron chi connectivity index (χ3n) is 5.90. The second kappa shape index (κ2) is 11.4. The van der Waals surface area contributed by atoms with E-state index >= 15 is 0 Å². The number of amides is 3. The number of nitrogens with one attached hydrogen (secondary N) is 2. The van der Waals surface area contributed by atoms with Gasteiger partial charge in [0.05, 0.1) is 18.0 Å². The summed E-state index contributed by atoms with van der Waals surface area (Å²) >= 11 is 0. The molecule has 36 heavy (non-hydrogen) atoms. The van der Waals surface area contributed by atoms with Gasteiger partial charge in [0.2, 0.25) is 5.91 Å². The van der Waals surface area contributed by atoms with Crippen LogP contribution >= 0.6 is 0 Å². The Kier molecular flexibility index (Phi) is 8.53. The molecular formula is C28H37N5O3. The van der Waals surface area contributed by atoms with Crippen molar-refractivity contribution in [3.05, 3.63) is 70.9 Å². The Labute approximate surface area is 213 Å². The third kappa shape index (κ3) is 6.73. The Morgan fingerprint density at radius 1 is 1.00 bits per heavy atom. The molecule has 2 N–H and O–H groups in total. The molecule has 8 nitrogen and oxygen atoms in total. The van der Waals surface area contributed by atoms with E-state index in [2.05, 4.69) is 31.4 Å². The van der Waals surface area contributed by atoms with Crippen LogP contribution in [0.25, 0.3) is 5.69 Å². The van der Waals surface area contributed by atoms with E-state index in [0.29, 0.717) is 18.1 Å². The number of nitrogens with zero attached hydrogens (tertiary/aromatic N) is 3. The van der Waals surface area contributed by atoms with Crippen LogP contribution in [0.5, 0.6) is 0 Å². The Bertz CT molecular complexity index is 1230. The van der Waals surface area contributed by atoms with Gasteiger partial charge in [0, 0.05) is 30.8 Å². The lowest BCUT2D eigenvalue weighted by atomic mass is 9.92. The van der Waals surface area contributed by atoms with Crippen molar-refractivity contribution in [2.45, 2.75) is 47.0 Å². The summed E-state index contributed by atoms with van der Waals surface area (Å²) in [6, 6.07) is 15.2. The first-order valence-corrected chi connectivity index (χ1v) is 12.1. The molecule has 0 unspecified atom stereocenters. The SMILES string of the molecule is COCCN(CC(=O)Nc1cc(C(C)(C)C)nn1-c1ccccc1C)C(=O)Nc1ccc(C)cc1C. The fourth-order valence-electron chi connectivity index (χ4n) is 3.78. The van der Waals surface area contributed by atoms with Crippen molar-refractivity contribution < 1.29 is 14.3 Å². The molecule has 1 aromatic heterocycles. The Morgan fingerprint density at radius 3 is 2.36 bits per heavy atom. The average Bonchev–Trinajstić information content (AvgIpc) is 3.22. The van der Waals surface area contributed by atoms with Gasteiger partial charge in [-0.05, 0) is 44.0 Å². The van der Waals surface area contributed by atoms with Crippen molar-refractivity contribution in [2.24, 2.45) is 0 Å². The lowest BCUT2D eigenvalue weighted by Crippen LogP contribution is -2.42. The number of hydrogen-bond donors (Lipinski definition) is 2. The van der Waals surface area contributed by atoms with Gasteiger partial charge in [-0.15, -0.1) is 0 Å². The highest BCUT2D eigenvalue weighted by atomic mass is 16.5. The molecule has 2 aromatic carbocycles. The molecule has 0 aliphatic carbocycles. The third-order valence-corrected chi connectivity index (χ3v) is 5.90. The average molecular weight is 492 g/mol. The maximum atomic E-state index is 13.2. The van der Waals surface area contributed by atoms with E-state index in [1.54, 1.807) is 11.8 Å². The van der Waals surface area contributed by atoms with Gasteiger partial charge in [0.15, 0.2) is 0 Å². The predicted octanol–water partition coefficient (Wildman–Crippen LogP) is 5.21. The Morgan fingerprint density at radius 2 is 1.72 bits per heavy atom. The van der Waals surface area contributed by atoms with Crippen molar-refractivity contribution in [1.82, 2.24) is 14.7 Å². The van der Waals surface area contributed by atoms with Crippen LogP contribution in [0.1, 0.15) is 43.2 Å². The molecule has 0 fully saturated rings. The summed E-state index contributed by atoms with van der Waals surface area (Å²) in [5.74, 6) is 0.234. The normalized spacial score (nSPS) is 11.3. The van der Waals surface area contributed by atoms with Gasteiger partial charge < -0.3 is 20.3 Å². The number of aryl methyl sites for hydroxylation is 3. The molecule has 3 amide bonds. The minimum atomic E-state index is -0.364. The van der Waals surface area contributed by atoms with Crippen LogP contribution in [0.3, 0.4) is 0 Å². The molecule has 0 aliphatic rings. The zero-order chi connectivity index (χ0) is 26.5. The molecule has 0 radical (unpaired) electrons. The van der Waals surface area contributed by atoms with E-state index in [9.17, 15) is 9.59 Å². The van der Waals surface area contributed by atoms with Gasteiger partial charge in [-0.1, -0.05) is 56.7 Å². The molecule has 192 valence electrons. The topological polar surface area (TPSA) is 88.5 Å². The largest absolute Gasteiger partial charge is 0.383 e. The zero-order valence-electron chi connectivity index (χ0n) is 22.3. The number of ether oxygens (including phenoxy) is 1. The van der Waals surface area contributed by atoms with E-state index in [1.165, 1.54) is 4.90 Å². The number of anilines is 2. The van der Waals surface area contributed by atoms with Gasteiger partial charge in [-0.3, -0.25) is 4.79 Å². The molecule has 1 heterocycles. The van der Waals surface area contributed by atoms with Crippen LogP contribution in [-0.2, 0) is 14.9 Å². The van der Waals surface area contributed by atoms with E-state index in [0.717, 1.165) is 28.1 Å². The number of aromatic nitrogens is 2. The monoisotopic (exact) mass is 491 g/mol. The minimum Gasteiger partial charge on any atom is -0.383 e. The van der Waals surface area contributed by atoms with Crippen LogP contribution in [0, 0.1) is 20.8 Å². The van der Waals surface area contributed by atoms with Crippen LogP contribution in [0.15, 0.2) is 48.5 Å². The summed E-state index contributed by atoms with van der Waals surface area (Å²) in [4.78, 5) is 27.7. The number of methoxy groups -OCH3 is 1. The maximum absolute atomic E-state index is 13.2. The first kappa shape index (κ1) is 26.9. The smallest absolute Gasteiger partial charge is 0.322 e. The Balaban J connectivity index is 1.82. The first-order valence-electron chi connectivity index (χ1n) is 12.1. The summed E-state index contributed by atoms with van der Waals surface area (Å²) < 4.78 is 6.93. The second-order valence-electron chi connectivity index (χ2n) is 10.1. The van der Waals surface area contributed by atoms with E-state index in [-0.39, 0.29) is 30.4 Å². The molecule has 0 atom stereocenters. The standard InChI is InChI=1S/C28H37N5O3/c1-19-12-13-22(21(3)16-19)29-27(35)32(14-15-36-7)18-26(34)30-25-17-24(28(4,5)6)31-33(25)23-11-9-8-10-20(23)2/h8-13,16-17H,14-15,18H2,1-7H3,(H,29,35)(H,30,34).